The number of H-pyrrole nitrogens is 1. The van der Waals surface area contributed by atoms with Crippen molar-refractivity contribution in [3.05, 3.63) is 60.2 Å². The summed E-state index contributed by atoms with van der Waals surface area (Å²) in [4.78, 5) is 12.1. The van der Waals surface area contributed by atoms with E-state index in [4.69, 9.17) is 9.15 Å². The number of hydrogen-bond acceptors (Lipinski definition) is 5. The Bertz CT molecular complexity index is 794. The van der Waals surface area contributed by atoms with E-state index in [0.717, 1.165) is 11.3 Å². The maximum atomic E-state index is 12.1. The number of methoxy groups -OCH3 is 1. The number of aliphatic hydroxyl groups is 1. The van der Waals surface area contributed by atoms with E-state index in [0.29, 0.717) is 17.1 Å². The average molecular weight is 327 g/mol. The van der Waals surface area contributed by atoms with Crippen LogP contribution in [0.1, 0.15) is 22.4 Å². The zero-order valence-electron chi connectivity index (χ0n) is 13.0. The number of nitrogens with zero attached hydrogens (tertiary/aromatic N) is 1. The molecule has 0 spiro atoms. The smallest absolute Gasteiger partial charge is 0.269 e. The topological polar surface area (TPSA) is 100 Å². The zero-order valence-corrected chi connectivity index (χ0v) is 13.0. The van der Waals surface area contributed by atoms with Gasteiger partial charge in [0.1, 0.15) is 23.3 Å². The Labute approximate surface area is 138 Å². The minimum absolute atomic E-state index is 0.0449. The highest BCUT2D eigenvalue weighted by Crippen LogP contribution is 2.21. The maximum Gasteiger partial charge on any atom is 0.269 e. The molecular formula is C17H17N3O4. The summed E-state index contributed by atoms with van der Waals surface area (Å²) < 4.78 is 10.2. The molecule has 0 saturated carbocycles. The van der Waals surface area contributed by atoms with Crippen molar-refractivity contribution in [2.75, 3.05) is 13.7 Å². The maximum absolute atomic E-state index is 12.1. The molecule has 2 aromatic heterocycles. The average Bonchev–Trinajstić information content (AvgIpc) is 3.31. The molecule has 0 aliphatic carbocycles. The lowest BCUT2D eigenvalue weighted by atomic mass is 10.1. The van der Waals surface area contributed by atoms with Crippen molar-refractivity contribution in [1.29, 1.82) is 0 Å². The molecule has 3 N–H and O–H groups in total. The number of aromatic nitrogens is 2. The van der Waals surface area contributed by atoms with Gasteiger partial charge in [-0.05, 0) is 42.5 Å². The van der Waals surface area contributed by atoms with E-state index in [1.165, 1.54) is 6.26 Å². The summed E-state index contributed by atoms with van der Waals surface area (Å²) in [5.41, 5.74) is 1.82. The normalized spacial score (nSPS) is 11.9. The number of aliphatic hydroxyl groups excluding tert-OH is 1. The number of carbonyl (C=O) groups excluding carboxylic acids is 1. The van der Waals surface area contributed by atoms with Gasteiger partial charge in [0, 0.05) is 5.56 Å². The summed E-state index contributed by atoms with van der Waals surface area (Å²) in [5, 5.41) is 19.3. The highest BCUT2D eigenvalue weighted by atomic mass is 16.5. The Morgan fingerprint density at radius 3 is 2.83 bits per heavy atom. The van der Waals surface area contributed by atoms with Gasteiger partial charge in [0.05, 0.1) is 25.6 Å². The van der Waals surface area contributed by atoms with E-state index < -0.39 is 6.10 Å². The molecule has 1 aromatic carbocycles. The van der Waals surface area contributed by atoms with E-state index >= 15 is 0 Å². The predicted octanol–water partition coefficient (Wildman–Crippen LogP) is 2.14. The van der Waals surface area contributed by atoms with Gasteiger partial charge >= 0.3 is 0 Å². The van der Waals surface area contributed by atoms with Gasteiger partial charge in [-0.15, -0.1) is 0 Å². The van der Waals surface area contributed by atoms with Crippen LogP contribution in [0.15, 0.2) is 53.1 Å². The molecule has 24 heavy (non-hydrogen) atoms. The van der Waals surface area contributed by atoms with Gasteiger partial charge in [0.15, 0.2) is 0 Å². The predicted molar refractivity (Wildman–Crippen MR) is 86.6 cm³/mol. The molecule has 2 heterocycles. The zero-order chi connectivity index (χ0) is 16.9. The van der Waals surface area contributed by atoms with Crippen LogP contribution in [0.2, 0.25) is 0 Å². The second-order valence-corrected chi connectivity index (χ2v) is 5.14. The first-order valence-electron chi connectivity index (χ1n) is 7.37. The molecule has 1 atom stereocenters. The second kappa shape index (κ2) is 7.01. The van der Waals surface area contributed by atoms with E-state index in [-0.39, 0.29) is 12.5 Å². The molecule has 0 saturated heterocycles. The number of aromatic amines is 1. The highest BCUT2D eigenvalue weighted by molar-refractivity contribution is 5.93. The summed E-state index contributed by atoms with van der Waals surface area (Å²) in [7, 11) is 1.60. The summed E-state index contributed by atoms with van der Waals surface area (Å²) >= 11 is 0. The minimum atomic E-state index is -0.895. The number of furan rings is 1. The van der Waals surface area contributed by atoms with Crippen LogP contribution in [0.5, 0.6) is 5.75 Å². The molecule has 3 aromatic rings. The number of hydrogen-bond donors (Lipinski definition) is 3. The van der Waals surface area contributed by atoms with Gasteiger partial charge in [-0.1, -0.05) is 0 Å². The molecule has 1 amide bonds. The Kier molecular flexibility index (Phi) is 4.62. The van der Waals surface area contributed by atoms with Crippen molar-refractivity contribution in [3.63, 3.8) is 0 Å². The molecule has 124 valence electrons. The SMILES string of the molecule is COc1ccc(-c2cc(C(=O)NCC(O)c3ccco3)[nH]n2)cc1. The number of benzene rings is 1. The highest BCUT2D eigenvalue weighted by Gasteiger charge is 2.15. The van der Waals surface area contributed by atoms with Gasteiger partial charge in [-0.3, -0.25) is 9.89 Å². The minimum Gasteiger partial charge on any atom is -0.497 e. The van der Waals surface area contributed by atoms with Crippen LogP contribution in [-0.4, -0.2) is 34.9 Å². The standard InChI is InChI=1S/C17H17N3O4/c1-23-12-6-4-11(5-7-12)13-9-14(20-19-13)17(22)18-10-15(21)16-3-2-8-24-16/h2-9,15,21H,10H2,1H3,(H,18,22)(H,19,20). The largest absolute Gasteiger partial charge is 0.497 e. The Balaban J connectivity index is 1.62. The summed E-state index contributed by atoms with van der Waals surface area (Å²) in [6, 6.07) is 12.3. The van der Waals surface area contributed by atoms with Crippen molar-refractivity contribution >= 4 is 5.91 Å². The summed E-state index contributed by atoms with van der Waals surface area (Å²) in [6.07, 6.45) is 0.573. The molecule has 0 aliphatic rings. The van der Waals surface area contributed by atoms with Crippen LogP contribution in [0, 0.1) is 0 Å². The molecule has 1 unspecified atom stereocenters. The van der Waals surface area contributed by atoms with Gasteiger partial charge in [-0.25, -0.2) is 0 Å². The van der Waals surface area contributed by atoms with Crippen molar-refractivity contribution in [3.8, 4) is 17.0 Å². The molecule has 7 nitrogen and oxygen atoms in total. The molecular weight excluding hydrogens is 310 g/mol. The molecule has 0 aliphatic heterocycles. The van der Waals surface area contributed by atoms with Crippen molar-refractivity contribution in [2.45, 2.75) is 6.10 Å². The van der Waals surface area contributed by atoms with Crippen LogP contribution in [0.4, 0.5) is 0 Å². The van der Waals surface area contributed by atoms with E-state index in [9.17, 15) is 9.90 Å². The van der Waals surface area contributed by atoms with Crippen LogP contribution < -0.4 is 10.1 Å². The fraction of sp³-hybridized carbons (Fsp3) is 0.176. The third-order valence-corrected chi connectivity index (χ3v) is 3.54. The Morgan fingerprint density at radius 2 is 2.17 bits per heavy atom. The fourth-order valence-electron chi connectivity index (χ4n) is 2.21. The fourth-order valence-corrected chi connectivity index (χ4v) is 2.21. The van der Waals surface area contributed by atoms with Crippen LogP contribution >= 0.6 is 0 Å². The molecule has 7 heteroatoms. The van der Waals surface area contributed by atoms with Gasteiger partial charge < -0.3 is 19.6 Å². The first kappa shape index (κ1) is 15.8. The molecule has 0 fully saturated rings. The number of carbonyl (C=O) groups is 1. The lowest BCUT2D eigenvalue weighted by molar-refractivity contribution is 0.0896. The summed E-state index contributed by atoms with van der Waals surface area (Å²) in [6.45, 7) is 0.0449. The van der Waals surface area contributed by atoms with Crippen LogP contribution in [-0.2, 0) is 0 Å². The number of ether oxygens (including phenoxy) is 1. The lowest BCUT2D eigenvalue weighted by Gasteiger charge is -2.08. The van der Waals surface area contributed by atoms with E-state index in [2.05, 4.69) is 15.5 Å². The quantitative estimate of drug-likeness (QED) is 0.644. The number of nitrogens with one attached hydrogen (secondary N) is 2. The van der Waals surface area contributed by atoms with Crippen molar-refractivity contribution < 1.29 is 19.1 Å². The molecule has 0 radical (unpaired) electrons. The first-order chi connectivity index (χ1) is 11.7. The molecule has 0 bridgehead atoms. The van der Waals surface area contributed by atoms with Crippen molar-refractivity contribution in [2.24, 2.45) is 0 Å². The number of rotatable bonds is 6. The van der Waals surface area contributed by atoms with E-state index in [1.54, 1.807) is 25.3 Å². The van der Waals surface area contributed by atoms with Crippen LogP contribution in [0.25, 0.3) is 11.3 Å². The molecule has 3 rings (SSSR count). The Hall–Kier alpha value is -3.06. The van der Waals surface area contributed by atoms with E-state index in [1.807, 2.05) is 24.3 Å². The lowest BCUT2D eigenvalue weighted by Crippen LogP contribution is -2.28. The first-order valence-corrected chi connectivity index (χ1v) is 7.37. The summed E-state index contributed by atoms with van der Waals surface area (Å²) in [5.74, 6) is 0.797. The van der Waals surface area contributed by atoms with Gasteiger partial charge in [-0.2, -0.15) is 5.10 Å². The third-order valence-electron chi connectivity index (χ3n) is 3.54. The second-order valence-electron chi connectivity index (χ2n) is 5.14. The van der Waals surface area contributed by atoms with Gasteiger partial charge in [0.25, 0.3) is 5.91 Å². The van der Waals surface area contributed by atoms with Crippen molar-refractivity contribution in [1.82, 2.24) is 15.5 Å². The number of amides is 1. The Morgan fingerprint density at radius 1 is 1.38 bits per heavy atom. The van der Waals surface area contributed by atoms with Crippen LogP contribution in [0.3, 0.4) is 0 Å². The van der Waals surface area contributed by atoms with Gasteiger partial charge in [0.2, 0.25) is 0 Å². The monoisotopic (exact) mass is 327 g/mol. The third kappa shape index (κ3) is 3.47.